The molecule has 2 aliphatic rings. The summed E-state index contributed by atoms with van der Waals surface area (Å²) >= 11 is 2.54. The third-order valence-corrected chi connectivity index (χ3v) is 8.50. The minimum absolute atomic E-state index is 0.0416. The Kier molecular flexibility index (Phi) is 6.02. The Balaban J connectivity index is 1.39. The number of amidine groups is 1. The van der Waals surface area contributed by atoms with E-state index in [-0.39, 0.29) is 39.8 Å². The Labute approximate surface area is 212 Å². The van der Waals surface area contributed by atoms with E-state index in [2.05, 4.69) is 19.8 Å². The summed E-state index contributed by atoms with van der Waals surface area (Å²) in [5, 5.41) is 7.16. The lowest BCUT2D eigenvalue weighted by Crippen LogP contribution is -2.43. The quantitative estimate of drug-likeness (QED) is 0.333. The van der Waals surface area contributed by atoms with Crippen LogP contribution >= 0.6 is 23.3 Å². The summed E-state index contributed by atoms with van der Waals surface area (Å²) in [6.07, 6.45) is -0.242. The van der Waals surface area contributed by atoms with E-state index in [1.807, 2.05) is 17.5 Å². The highest BCUT2D eigenvalue weighted by atomic mass is 32.2. The maximum atomic E-state index is 15.0. The number of benzene rings is 2. The number of thiophene rings is 1. The number of halogens is 1. The van der Waals surface area contributed by atoms with Gasteiger partial charge in [0, 0.05) is 11.3 Å². The van der Waals surface area contributed by atoms with Crippen molar-refractivity contribution in [1.82, 2.24) is 4.72 Å². The van der Waals surface area contributed by atoms with Crippen molar-refractivity contribution in [2.75, 3.05) is 15.5 Å². The van der Waals surface area contributed by atoms with Crippen molar-refractivity contribution in [2.45, 2.75) is 22.4 Å². The number of fused-ring (bicyclic) bond motifs is 2. The fourth-order valence-corrected chi connectivity index (χ4v) is 6.27. The SMILES string of the molecule is CC1=NS(=O)(=O)c2cc3c(cc2N1)CC(=O)N(c1ccc(NC(=O)NSc2cccs2)cc1F)C3=O. The van der Waals surface area contributed by atoms with E-state index in [4.69, 9.17) is 0 Å². The average molecular weight is 546 g/mol. The zero-order valence-electron chi connectivity index (χ0n) is 18.4. The maximum absolute atomic E-state index is 15.0. The van der Waals surface area contributed by atoms with Crippen LogP contribution in [0.15, 0.2) is 61.3 Å². The van der Waals surface area contributed by atoms with Gasteiger partial charge < -0.3 is 10.6 Å². The Morgan fingerprint density at radius 1 is 1.22 bits per heavy atom. The average Bonchev–Trinajstić information content (AvgIpc) is 3.31. The lowest BCUT2D eigenvalue weighted by Gasteiger charge is -2.29. The first-order valence-electron chi connectivity index (χ1n) is 10.3. The Bertz CT molecular complexity index is 1570. The first-order valence-corrected chi connectivity index (χ1v) is 13.5. The predicted octanol–water partition coefficient (Wildman–Crippen LogP) is 3.98. The van der Waals surface area contributed by atoms with Crippen molar-refractivity contribution in [1.29, 1.82) is 0 Å². The molecule has 14 heteroatoms. The van der Waals surface area contributed by atoms with Gasteiger partial charge in [-0.1, -0.05) is 6.07 Å². The van der Waals surface area contributed by atoms with Crippen LogP contribution < -0.4 is 20.3 Å². The summed E-state index contributed by atoms with van der Waals surface area (Å²) in [5.74, 6) is -2.31. The molecule has 0 saturated carbocycles. The molecule has 4 amide bonds. The summed E-state index contributed by atoms with van der Waals surface area (Å²) in [7, 11) is -4.04. The molecule has 0 fully saturated rings. The minimum atomic E-state index is -4.04. The fraction of sp³-hybridized carbons (Fsp3) is 0.0909. The summed E-state index contributed by atoms with van der Waals surface area (Å²) in [6.45, 7) is 1.48. The van der Waals surface area contributed by atoms with Gasteiger partial charge in [-0.25, -0.2) is 14.1 Å². The van der Waals surface area contributed by atoms with Crippen molar-refractivity contribution in [3.63, 3.8) is 0 Å². The Hall–Kier alpha value is -3.75. The van der Waals surface area contributed by atoms with Gasteiger partial charge in [-0.15, -0.1) is 15.7 Å². The third-order valence-electron chi connectivity index (χ3n) is 5.27. The maximum Gasteiger partial charge on any atom is 0.329 e. The van der Waals surface area contributed by atoms with E-state index in [0.29, 0.717) is 10.5 Å². The van der Waals surface area contributed by atoms with Crippen molar-refractivity contribution >= 4 is 74.1 Å². The van der Waals surface area contributed by atoms with Gasteiger partial charge >= 0.3 is 6.03 Å². The van der Waals surface area contributed by atoms with E-state index >= 15 is 4.39 Å². The Morgan fingerprint density at radius 3 is 2.75 bits per heavy atom. The van der Waals surface area contributed by atoms with Crippen molar-refractivity contribution in [3.05, 3.63) is 64.8 Å². The third kappa shape index (κ3) is 4.45. The summed E-state index contributed by atoms with van der Waals surface area (Å²) in [5.41, 5.74) is 0.280. The van der Waals surface area contributed by atoms with E-state index in [0.717, 1.165) is 28.3 Å². The monoisotopic (exact) mass is 545 g/mol. The molecule has 1 aromatic heterocycles. The molecule has 0 unspecified atom stereocenters. The number of hydrogen-bond acceptors (Lipinski definition) is 8. The molecule has 5 rings (SSSR count). The van der Waals surface area contributed by atoms with E-state index in [9.17, 15) is 22.8 Å². The predicted molar refractivity (Wildman–Crippen MR) is 135 cm³/mol. The molecule has 36 heavy (non-hydrogen) atoms. The van der Waals surface area contributed by atoms with E-state index in [1.54, 1.807) is 0 Å². The number of hydrogen-bond donors (Lipinski definition) is 3. The number of amides is 4. The smallest absolute Gasteiger partial charge is 0.329 e. The van der Waals surface area contributed by atoms with Gasteiger partial charge in [-0.05, 0) is 66.2 Å². The number of carbonyl (C=O) groups excluding carboxylic acids is 3. The lowest BCUT2D eigenvalue weighted by atomic mass is 9.97. The second-order valence-electron chi connectivity index (χ2n) is 7.75. The molecule has 0 bridgehead atoms. The van der Waals surface area contributed by atoms with Crippen molar-refractivity contribution in [2.24, 2.45) is 4.40 Å². The van der Waals surface area contributed by atoms with Crippen molar-refractivity contribution < 1.29 is 27.2 Å². The molecule has 0 saturated heterocycles. The number of sulfonamides is 1. The van der Waals surface area contributed by atoms with Gasteiger partial charge in [0.2, 0.25) is 5.91 Å². The van der Waals surface area contributed by atoms with Crippen LogP contribution in [0.3, 0.4) is 0 Å². The first-order chi connectivity index (χ1) is 17.1. The van der Waals surface area contributed by atoms with Gasteiger partial charge in [0.05, 0.1) is 22.0 Å². The zero-order chi connectivity index (χ0) is 25.6. The molecule has 2 aromatic carbocycles. The second-order valence-corrected chi connectivity index (χ2v) is 11.4. The number of nitrogens with one attached hydrogen (secondary N) is 3. The molecule has 0 radical (unpaired) electrons. The van der Waals surface area contributed by atoms with E-state index in [1.165, 1.54) is 36.5 Å². The summed E-state index contributed by atoms with van der Waals surface area (Å²) < 4.78 is 46.9. The van der Waals surface area contributed by atoms with Gasteiger partial charge in [0.15, 0.2) is 0 Å². The Morgan fingerprint density at radius 2 is 2.03 bits per heavy atom. The van der Waals surface area contributed by atoms with Crippen LogP contribution in [-0.4, -0.2) is 32.1 Å². The number of nitrogens with zero attached hydrogens (tertiary/aromatic N) is 2. The van der Waals surface area contributed by atoms with Crippen molar-refractivity contribution in [3.8, 4) is 0 Å². The molecule has 3 N–H and O–H groups in total. The molecule has 0 spiro atoms. The van der Waals surface area contributed by atoms with Crippen LogP contribution in [0, 0.1) is 5.82 Å². The zero-order valence-corrected chi connectivity index (χ0v) is 20.8. The molecular weight excluding hydrogens is 529 g/mol. The van der Waals surface area contributed by atoms with Crippen LogP contribution in [0.1, 0.15) is 22.8 Å². The fourth-order valence-electron chi connectivity index (χ4n) is 3.79. The molecule has 10 nitrogen and oxygen atoms in total. The van der Waals surface area contributed by atoms with Crippen LogP contribution in [-0.2, 0) is 21.2 Å². The van der Waals surface area contributed by atoms with Gasteiger partial charge in [-0.2, -0.15) is 8.42 Å². The number of carbonyl (C=O) groups is 3. The van der Waals surface area contributed by atoms with Crippen LogP contribution in [0.4, 0.5) is 26.2 Å². The molecule has 0 atom stereocenters. The molecule has 3 heterocycles. The van der Waals surface area contributed by atoms with Gasteiger partial charge in [-0.3, -0.25) is 14.3 Å². The first kappa shape index (κ1) is 24.0. The van der Waals surface area contributed by atoms with Gasteiger partial charge in [0.1, 0.15) is 16.5 Å². The number of anilines is 3. The van der Waals surface area contributed by atoms with E-state index < -0.39 is 33.7 Å². The molecular formula is C22H16FN5O5S3. The normalized spacial score (nSPS) is 15.9. The second kappa shape index (κ2) is 9.04. The highest BCUT2D eigenvalue weighted by Gasteiger charge is 2.36. The molecule has 0 aliphatic carbocycles. The van der Waals surface area contributed by atoms with Crippen LogP contribution in [0.2, 0.25) is 0 Å². The largest absolute Gasteiger partial charge is 0.342 e. The molecule has 184 valence electrons. The minimum Gasteiger partial charge on any atom is -0.342 e. The van der Waals surface area contributed by atoms with Crippen LogP contribution in [0.5, 0.6) is 0 Å². The topological polar surface area (TPSA) is 137 Å². The summed E-state index contributed by atoms with van der Waals surface area (Å²) in [4.78, 5) is 38.6. The van der Waals surface area contributed by atoms with Gasteiger partial charge in [0.25, 0.3) is 15.9 Å². The van der Waals surface area contributed by atoms with Crippen LogP contribution in [0.25, 0.3) is 0 Å². The standard InChI is InChI=1S/C22H16FN5O5S3/c1-11-24-16-7-12-8-19(29)28(21(30)14(12)10-18(16)36(32,33)27-11)17-5-4-13(9-15(17)23)25-22(31)26-35-20-3-2-6-34-20/h2-7,9-10H,8H2,1H3,(H,24,27)(H2,25,26,31). The number of urea groups is 1. The highest BCUT2D eigenvalue weighted by molar-refractivity contribution is 7.99. The summed E-state index contributed by atoms with van der Waals surface area (Å²) in [6, 6.07) is 9.17. The molecule has 3 aromatic rings. The number of imide groups is 1. The number of rotatable bonds is 4. The highest BCUT2D eigenvalue weighted by Crippen LogP contribution is 2.35. The molecule has 2 aliphatic heterocycles. The lowest BCUT2D eigenvalue weighted by molar-refractivity contribution is -0.117.